The van der Waals surface area contributed by atoms with Crippen LogP contribution < -0.4 is 0 Å². The number of aliphatic carboxylic acids is 1. The first-order valence-corrected chi connectivity index (χ1v) is 4.73. The minimum absolute atomic E-state index is 0.0195. The molecular formula is C10H8ClF3O2. The molecule has 1 aromatic rings. The van der Waals surface area contributed by atoms with Crippen LogP contribution in [0.3, 0.4) is 0 Å². The maximum atomic E-state index is 12.2. The average Bonchev–Trinajstić information content (AvgIpc) is 2.13. The third kappa shape index (κ3) is 3.41. The molecule has 0 saturated carbocycles. The first-order valence-electron chi connectivity index (χ1n) is 4.35. The van der Waals surface area contributed by atoms with Gasteiger partial charge in [-0.2, -0.15) is 13.2 Å². The van der Waals surface area contributed by atoms with E-state index in [9.17, 15) is 18.0 Å². The monoisotopic (exact) mass is 252 g/mol. The van der Waals surface area contributed by atoms with Crippen LogP contribution in [-0.2, 0) is 4.79 Å². The van der Waals surface area contributed by atoms with E-state index in [-0.39, 0.29) is 10.6 Å². The summed E-state index contributed by atoms with van der Waals surface area (Å²) < 4.78 is 36.5. The van der Waals surface area contributed by atoms with Crippen LogP contribution in [0, 0.1) is 0 Å². The van der Waals surface area contributed by atoms with E-state index < -0.39 is 24.5 Å². The Hall–Kier alpha value is -1.23. The highest BCUT2D eigenvalue weighted by molar-refractivity contribution is 6.31. The Morgan fingerprint density at radius 1 is 1.38 bits per heavy atom. The summed E-state index contributed by atoms with van der Waals surface area (Å²) in [7, 11) is 0. The van der Waals surface area contributed by atoms with Crippen molar-refractivity contribution in [3.05, 3.63) is 34.9 Å². The zero-order valence-electron chi connectivity index (χ0n) is 7.96. The molecule has 0 aliphatic carbocycles. The molecule has 0 radical (unpaired) electrons. The molecule has 0 heterocycles. The van der Waals surface area contributed by atoms with E-state index in [1.165, 1.54) is 24.3 Å². The summed E-state index contributed by atoms with van der Waals surface area (Å²) >= 11 is 5.66. The Morgan fingerprint density at radius 2 is 1.94 bits per heavy atom. The number of hydrogen-bond donors (Lipinski definition) is 1. The number of alkyl halides is 3. The highest BCUT2D eigenvalue weighted by atomic mass is 35.5. The molecule has 1 aromatic carbocycles. The normalized spacial score (nSPS) is 13.5. The fourth-order valence-electron chi connectivity index (χ4n) is 1.32. The van der Waals surface area contributed by atoms with E-state index in [1.54, 1.807) is 0 Å². The van der Waals surface area contributed by atoms with Crippen molar-refractivity contribution in [2.24, 2.45) is 0 Å². The summed E-state index contributed by atoms with van der Waals surface area (Å²) in [5, 5.41) is 8.78. The molecule has 0 aromatic heterocycles. The van der Waals surface area contributed by atoms with E-state index in [0.717, 1.165) is 0 Å². The van der Waals surface area contributed by atoms with Crippen LogP contribution in [0.25, 0.3) is 0 Å². The molecule has 1 N–H and O–H groups in total. The lowest BCUT2D eigenvalue weighted by atomic mass is 9.95. The van der Waals surface area contributed by atoms with Gasteiger partial charge in [0, 0.05) is 5.02 Å². The maximum absolute atomic E-state index is 12.2. The van der Waals surface area contributed by atoms with Crippen molar-refractivity contribution < 1.29 is 23.1 Å². The molecule has 1 atom stereocenters. The lowest BCUT2D eigenvalue weighted by Gasteiger charge is -2.15. The van der Waals surface area contributed by atoms with E-state index in [1.807, 2.05) is 0 Å². The SMILES string of the molecule is O=C(O)[C@@H](CC(F)(F)F)c1ccccc1Cl. The summed E-state index contributed by atoms with van der Waals surface area (Å²) in [5.74, 6) is -3.20. The highest BCUT2D eigenvalue weighted by Crippen LogP contribution is 2.34. The molecule has 0 saturated heterocycles. The number of hydrogen-bond acceptors (Lipinski definition) is 1. The molecule has 0 aliphatic rings. The van der Waals surface area contributed by atoms with E-state index in [2.05, 4.69) is 0 Å². The number of halogens is 4. The molecule has 88 valence electrons. The molecule has 0 bridgehead atoms. The van der Waals surface area contributed by atoms with Crippen molar-refractivity contribution in [3.8, 4) is 0 Å². The number of carboxylic acids is 1. The van der Waals surface area contributed by atoms with Gasteiger partial charge in [-0.25, -0.2) is 0 Å². The Bertz CT molecular complexity index is 390. The van der Waals surface area contributed by atoms with Crippen molar-refractivity contribution >= 4 is 17.6 Å². The minimum Gasteiger partial charge on any atom is -0.481 e. The standard InChI is InChI=1S/C10H8ClF3O2/c11-8-4-2-1-3-6(8)7(9(15)16)5-10(12,13)14/h1-4,7H,5H2,(H,15,16)/t7-/m0/s1. The Balaban J connectivity index is 3.04. The van der Waals surface area contributed by atoms with Crippen LogP contribution in [0.15, 0.2) is 24.3 Å². The second-order valence-electron chi connectivity index (χ2n) is 3.23. The van der Waals surface area contributed by atoms with Crippen LogP contribution in [0.4, 0.5) is 13.2 Å². The first-order chi connectivity index (χ1) is 7.31. The van der Waals surface area contributed by atoms with E-state index in [4.69, 9.17) is 16.7 Å². The fourth-order valence-corrected chi connectivity index (χ4v) is 1.59. The van der Waals surface area contributed by atoms with Crippen molar-refractivity contribution in [2.45, 2.75) is 18.5 Å². The molecule has 0 fully saturated rings. The fraction of sp³-hybridized carbons (Fsp3) is 0.300. The van der Waals surface area contributed by atoms with Gasteiger partial charge < -0.3 is 5.11 Å². The molecule has 1 rings (SSSR count). The summed E-state index contributed by atoms with van der Waals surface area (Å²) in [4.78, 5) is 10.8. The van der Waals surface area contributed by atoms with Crippen LogP contribution in [-0.4, -0.2) is 17.3 Å². The third-order valence-electron chi connectivity index (χ3n) is 2.01. The summed E-state index contributed by atoms with van der Waals surface area (Å²) in [5.41, 5.74) is -0.0195. The Morgan fingerprint density at radius 3 is 2.38 bits per heavy atom. The molecule has 6 heteroatoms. The van der Waals surface area contributed by atoms with Crippen molar-refractivity contribution in [3.63, 3.8) is 0 Å². The zero-order valence-corrected chi connectivity index (χ0v) is 8.72. The van der Waals surface area contributed by atoms with Gasteiger partial charge in [0.15, 0.2) is 0 Å². The van der Waals surface area contributed by atoms with Gasteiger partial charge >= 0.3 is 12.1 Å². The Kier molecular flexibility index (Phi) is 3.80. The molecule has 16 heavy (non-hydrogen) atoms. The van der Waals surface area contributed by atoms with Crippen molar-refractivity contribution in [1.82, 2.24) is 0 Å². The second-order valence-corrected chi connectivity index (χ2v) is 3.64. The Labute approximate surface area is 94.6 Å². The van der Waals surface area contributed by atoms with Gasteiger partial charge in [0.25, 0.3) is 0 Å². The summed E-state index contributed by atoms with van der Waals surface area (Å²) in [6.07, 6.45) is -5.96. The van der Waals surface area contributed by atoms with Crippen LogP contribution in [0.2, 0.25) is 5.02 Å². The number of benzene rings is 1. The molecule has 0 spiro atoms. The zero-order chi connectivity index (χ0) is 12.3. The average molecular weight is 253 g/mol. The van der Waals surface area contributed by atoms with Crippen LogP contribution >= 0.6 is 11.6 Å². The lowest BCUT2D eigenvalue weighted by Crippen LogP contribution is -2.20. The van der Waals surface area contributed by atoms with Crippen molar-refractivity contribution in [2.75, 3.05) is 0 Å². The topological polar surface area (TPSA) is 37.3 Å². The van der Waals surface area contributed by atoms with Gasteiger partial charge in [-0.3, -0.25) is 4.79 Å². The highest BCUT2D eigenvalue weighted by Gasteiger charge is 2.36. The number of rotatable bonds is 3. The van der Waals surface area contributed by atoms with Crippen LogP contribution in [0.5, 0.6) is 0 Å². The summed E-state index contributed by atoms with van der Waals surface area (Å²) in [6, 6.07) is 5.63. The van der Waals surface area contributed by atoms with Gasteiger partial charge in [-0.1, -0.05) is 29.8 Å². The predicted molar refractivity (Wildman–Crippen MR) is 52.5 cm³/mol. The molecule has 0 unspecified atom stereocenters. The largest absolute Gasteiger partial charge is 0.481 e. The first kappa shape index (κ1) is 12.8. The molecule has 0 aliphatic heterocycles. The van der Waals surface area contributed by atoms with Crippen LogP contribution in [0.1, 0.15) is 17.9 Å². The minimum atomic E-state index is -4.54. The van der Waals surface area contributed by atoms with Gasteiger partial charge in [-0.15, -0.1) is 0 Å². The number of carboxylic acid groups (broad SMARTS) is 1. The van der Waals surface area contributed by atoms with Crippen molar-refractivity contribution in [1.29, 1.82) is 0 Å². The second kappa shape index (κ2) is 4.74. The van der Waals surface area contributed by atoms with Gasteiger partial charge in [0.1, 0.15) is 0 Å². The van der Waals surface area contributed by atoms with Gasteiger partial charge in [0.05, 0.1) is 12.3 Å². The van der Waals surface area contributed by atoms with E-state index in [0.29, 0.717) is 0 Å². The molecular weight excluding hydrogens is 245 g/mol. The molecule has 0 amide bonds. The van der Waals surface area contributed by atoms with Gasteiger partial charge in [-0.05, 0) is 11.6 Å². The van der Waals surface area contributed by atoms with Gasteiger partial charge in [0.2, 0.25) is 0 Å². The summed E-state index contributed by atoms with van der Waals surface area (Å²) in [6.45, 7) is 0. The maximum Gasteiger partial charge on any atom is 0.390 e. The third-order valence-corrected chi connectivity index (χ3v) is 2.36. The van der Waals surface area contributed by atoms with E-state index >= 15 is 0 Å². The predicted octanol–water partition coefficient (Wildman–Crippen LogP) is 3.46. The smallest absolute Gasteiger partial charge is 0.390 e. The lowest BCUT2D eigenvalue weighted by molar-refractivity contribution is -0.157. The molecule has 2 nitrogen and oxygen atoms in total. The number of carbonyl (C=O) groups is 1. The quantitative estimate of drug-likeness (QED) is 0.894.